The summed E-state index contributed by atoms with van der Waals surface area (Å²) < 4.78 is 33.1. The molecule has 37 heavy (non-hydrogen) atoms. The van der Waals surface area contributed by atoms with E-state index in [1.54, 1.807) is 43.9 Å². The smallest absolute Gasteiger partial charge is 0.330 e. The average molecular weight is 546 g/mol. The number of ether oxygens (including phenoxy) is 3. The van der Waals surface area contributed by atoms with Crippen LogP contribution in [0, 0.1) is 0 Å². The highest BCUT2D eigenvalue weighted by molar-refractivity contribution is 8.02. The number of carbonyl (C=O) groups excluding carboxylic acids is 1. The van der Waals surface area contributed by atoms with E-state index in [9.17, 15) is 9.00 Å². The molecule has 1 atom stereocenters. The molecule has 4 rings (SSSR count). The molecule has 10 nitrogen and oxygen atoms in total. The Labute approximate surface area is 221 Å². The first kappa shape index (κ1) is 26.6. The summed E-state index contributed by atoms with van der Waals surface area (Å²) in [5.74, 6) is 0.781. The van der Waals surface area contributed by atoms with Gasteiger partial charge < -0.3 is 19.6 Å². The van der Waals surface area contributed by atoms with E-state index < -0.39 is 22.1 Å². The monoisotopic (exact) mass is 545 g/mol. The maximum absolute atomic E-state index is 13.4. The Morgan fingerprint density at radius 3 is 2.65 bits per heavy atom. The van der Waals surface area contributed by atoms with Crippen molar-refractivity contribution in [3.05, 3.63) is 72.2 Å². The highest BCUT2D eigenvalue weighted by Gasteiger charge is 2.29. The molecule has 1 aromatic carbocycles. The minimum atomic E-state index is -2.84. The number of hydrazine groups is 2. The van der Waals surface area contributed by atoms with E-state index in [2.05, 4.69) is 20.7 Å². The molecule has 0 bridgehead atoms. The van der Waals surface area contributed by atoms with Gasteiger partial charge in [0.15, 0.2) is 11.5 Å². The normalized spacial score (nSPS) is 14.5. The number of thiol groups is 1. The zero-order valence-electron chi connectivity index (χ0n) is 21.1. The lowest BCUT2D eigenvalue weighted by molar-refractivity contribution is -0.147. The molecule has 0 radical (unpaired) electrons. The number of thiophene rings is 1. The van der Waals surface area contributed by atoms with Crippen molar-refractivity contribution in [3.8, 4) is 22.1 Å². The lowest BCUT2D eigenvalue weighted by atomic mass is 10.0. The van der Waals surface area contributed by atoms with E-state index >= 15 is 0 Å². The number of pyridine rings is 1. The summed E-state index contributed by atoms with van der Waals surface area (Å²) in [7, 11) is 1.65. The van der Waals surface area contributed by atoms with Gasteiger partial charge in [-0.1, -0.05) is 12.1 Å². The SMILES string of the molecule is COC(=O)C(Cc1ccc(OC)c(OC)c1)N1C=C(CN[SH](C)(=O)c2ccc(-c3ccccn3)s2)NN1. The zero-order valence-corrected chi connectivity index (χ0v) is 22.8. The van der Waals surface area contributed by atoms with Gasteiger partial charge in [-0.25, -0.2) is 9.52 Å². The van der Waals surface area contributed by atoms with Gasteiger partial charge in [-0.3, -0.25) is 14.2 Å². The molecule has 1 aliphatic rings. The van der Waals surface area contributed by atoms with Crippen molar-refractivity contribution in [1.29, 1.82) is 0 Å². The molecule has 1 aliphatic heterocycles. The van der Waals surface area contributed by atoms with Crippen LogP contribution in [0.15, 0.2) is 70.8 Å². The number of hydrogen-bond donors (Lipinski definition) is 4. The summed E-state index contributed by atoms with van der Waals surface area (Å²) in [6.45, 7) is 0.304. The molecule has 1 unspecified atom stereocenters. The summed E-state index contributed by atoms with van der Waals surface area (Å²) in [5, 5.41) is 1.64. The van der Waals surface area contributed by atoms with E-state index in [0.29, 0.717) is 24.5 Å². The first-order valence-corrected chi connectivity index (χ1v) is 14.5. The molecule has 0 spiro atoms. The van der Waals surface area contributed by atoms with Gasteiger partial charge in [0.05, 0.1) is 41.8 Å². The van der Waals surface area contributed by atoms with Gasteiger partial charge in [-0.15, -0.1) is 16.9 Å². The van der Waals surface area contributed by atoms with Crippen molar-refractivity contribution in [2.24, 2.45) is 0 Å². The zero-order chi connectivity index (χ0) is 26.4. The summed E-state index contributed by atoms with van der Waals surface area (Å²) >= 11 is 1.46. The highest BCUT2D eigenvalue weighted by Crippen LogP contribution is 2.31. The van der Waals surface area contributed by atoms with Crippen molar-refractivity contribution >= 4 is 27.4 Å². The molecule has 0 fully saturated rings. The van der Waals surface area contributed by atoms with E-state index in [4.69, 9.17) is 14.2 Å². The molecule has 12 heteroatoms. The van der Waals surface area contributed by atoms with Crippen LogP contribution in [-0.4, -0.2) is 60.3 Å². The molecule has 0 amide bonds. The summed E-state index contributed by atoms with van der Waals surface area (Å²) in [6.07, 6.45) is 5.57. The van der Waals surface area contributed by atoms with Gasteiger partial charge in [0, 0.05) is 31.6 Å². The average Bonchev–Trinajstić information content (AvgIpc) is 3.61. The Morgan fingerprint density at radius 2 is 1.95 bits per heavy atom. The molecular weight excluding hydrogens is 514 g/mol. The van der Waals surface area contributed by atoms with Crippen LogP contribution in [0.4, 0.5) is 0 Å². The molecule has 3 heterocycles. The van der Waals surface area contributed by atoms with Gasteiger partial charge in [0.2, 0.25) is 0 Å². The van der Waals surface area contributed by atoms with Crippen LogP contribution < -0.4 is 25.2 Å². The fraction of sp³-hybridized carbons (Fsp3) is 0.280. The van der Waals surface area contributed by atoms with Gasteiger partial charge in [-0.05, 0) is 52.1 Å². The highest BCUT2D eigenvalue weighted by atomic mass is 32.3. The summed E-state index contributed by atoms with van der Waals surface area (Å²) in [6, 6.07) is 14.4. The van der Waals surface area contributed by atoms with Crippen molar-refractivity contribution in [3.63, 3.8) is 0 Å². The Morgan fingerprint density at radius 1 is 1.14 bits per heavy atom. The largest absolute Gasteiger partial charge is 0.493 e. The van der Waals surface area contributed by atoms with Crippen LogP contribution in [0.5, 0.6) is 11.5 Å². The number of carbonyl (C=O) groups is 1. The van der Waals surface area contributed by atoms with Crippen LogP contribution in [0.3, 0.4) is 0 Å². The third-order valence-electron chi connectivity index (χ3n) is 5.83. The molecule has 2 aromatic heterocycles. The summed E-state index contributed by atoms with van der Waals surface area (Å²) in [4.78, 5) is 18.0. The first-order valence-electron chi connectivity index (χ1n) is 11.5. The maximum atomic E-state index is 13.4. The third kappa shape index (κ3) is 6.28. The molecule has 0 saturated carbocycles. The number of benzene rings is 1. The van der Waals surface area contributed by atoms with Crippen LogP contribution in [0.25, 0.3) is 10.6 Å². The van der Waals surface area contributed by atoms with Gasteiger partial charge in [0.1, 0.15) is 6.04 Å². The topological polar surface area (TPSA) is 114 Å². The Hall–Kier alpha value is -3.45. The van der Waals surface area contributed by atoms with Crippen molar-refractivity contribution in [2.45, 2.75) is 16.7 Å². The van der Waals surface area contributed by atoms with Crippen LogP contribution in [-0.2, 0) is 26.1 Å². The Bertz CT molecular complexity index is 1310. The predicted octanol–water partition coefficient (Wildman–Crippen LogP) is 2.29. The number of nitrogens with zero attached hydrogens (tertiary/aromatic N) is 2. The Kier molecular flexibility index (Phi) is 8.44. The fourth-order valence-electron chi connectivity index (χ4n) is 3.81. The second kappa shape index (κ2) is 11.7. The van der Waals surface area contributed by atoms with E-state index in [-0.39, 0.29) is 0 Å². The minimum absolute atomic E-state index is 0.304. The standard InChI is InChI=1S/C25H31N5O5S2/c1-33-21-9-8-17(14-22(21)34-2)13-20(25(31)35-3)30-16-18(28-29-30)15-27-37(4,32)24-11-10-23(36-24)19-7-5-6-12-26-19/h5-12,14,16,20,28-29,37H,13,15H2,1-4H3,(H,27,32). The second-order valence-corrected chi connectivity index (χ2v) is 12.4. The maximum Gasteiger partial charge on any atom is 0.330 e. The summed E-state index contributed by atoms with van der Waals surface area (Å²) in [5.41, 5.74) is 8.48. The lowest BCUT2D eigenvalue weighted by Gasteiger charge is -2.25. The molecule has 3 N–H and O–H groups in total. The molecule has 0 saturated heterocycles. The van der Waals surface area contributed by atoms with E-state index in [1.807, 2.05) is 42.5 Å². The number of esters is 1. The number of nitrogens with one attached hydrogen (secondary N) is 3. The van der Waals surface area contributed by atoms with Gasteiger partial charge >= 0.3 is 5.97 Å². The predicted molar refractivity (Wildman–Crippen MR) is 145 cm³/mol. The number of methoxy groups -OCH3 is 3. The first-order chi connectivity index (χ1) is 17.8. The van der Waals surface area contributed by atoms with Crippen LogP contribution in [0.2, 0.25) is 0 Å². The number of hydrogen-bond acceptors (Lipinski definition) is 10. The number of rotatable bonds is 11. The second-order valence-electron chi connectivity index (χ2n) is 8.34. The molecule has 3 aromatic rings. The minimum Gasteiger partial charge on any atom is -0.493 e. The van der Waals surface area contributed by atoms with Crippen molar-refractivity contribution in [1.82, 2.24) is 25.7 Å². The molecular formula is C25H31N5O5S2. The lowest BCUT2D eigenvalue weighted by Crippen LogP contribution is -2.48. The number of aromatic nitrogens is 1. The fourth-order valence-corrected chi connectivity index (χ4v) is 6.70. The van der Waals surface area contributed by atoms with E-state index in [0.717, 1.165) is 26.0 Å². The van der Waals surface area contributed by atoms with Crippen LogP contribution >= 0.6 is 11.3 Å². The van der Waals surface area contributed by atoms with Crippen LogP contribution in [0.1, 0.15) is 5.56 Å². The quantitative estimate of drug-likeness (QED) is 0.213. The van der Waals surface area contributed by atoms with Gasteiger partial charge in [-0.2, -0.15) is 0 Å². The third-order valence-corrected chi connectivity index (χ3v) is 9.81. The Balaban J connectivity index is 1.43. The van der Waals surface area contributed by atoms with Crippen molar-refractivity contribution < 1.29 is 23.2 Å². The van der Waals surface area contributed by atoms with Gasteiger partial charge in [0.25, 0.3) is 0 Å². The van der Waals surface area contributed by atoms with E-state index in [1.165, 1.54) is 18.4 Å². The molecule has 198 valence electrons. The van der Waals surface area contributed by atoms with Crippen molar-refractivity contribution in [2.75, 3.05) is 34.1 Å². The molecule has 0 aliphatic carbocycles.